The molecule has 1 aromatic carbocycles. The molecule has 9 nitrogen and oxygen atoms in total. The molecule has 128 valence electrons. The molecule has 2 N–H and O–H groups in total. The van der Waals surface area contributed by atoms with Crippen molar-refractivity contribution in [2.75, 3.05) is 30.7 Å². The number of rotatable bonds is 4. The van der Waals surface area contributed by atoms with Gasteiger partial charge in [0.05, 0.1) is 11.4 Å². The number of ether oxygens (including phenoxy) is 1. The molecule has 0 fully saturated rings. The van der Waals surface area contributed by atoms with Crippen LogP contribution in [0.4, 0.5) is 23.0 Å². The first-order chi connectivity index (χ1) is 12.2. The van der Waals surface area contributed by atoms with E-state index in [0.717, 1.165) is 17.2 Å². The third kappa shape index (κ3) is 2.49. The lowest BCUT2D eigenvalue weighted by Gasteiger charge is -2.36. The summed E-state index contributed by atoms with van der Waals surface area (Å²) in [6.45, 7) is 0.312. The molecule has 25 heavy (non-hydrogen) atoms. The minimum Gasteiger partial charge on any atom is -0.380 e. The van der Waals surface area contributed by atoms with Crippen molar-refractivity contribution < 1.29 is 9.84 Å². The van der Waals surface area contributed by atoms with Crippen molar-refractivity contribution in [1.29, 1.82) is 0 Å². The maximum absolute atomic E-state index is 10.5. The fourth-order valence-electron chi connectivity index (χ4n) is 2.95. The zero-order chi connectivity index (χ0) is 17.4. The third-order valence-corrected chi connectivity index (χ3v) is 4.14. The number of hydrogen-bond acceptors (Lipinski definition) is 8. The highest BCUT2D eigenvalue weighted by atomic mass is 16.5. The fraction of sp³-hybridized carbons (Fsp3) is 0.250. The second kappa shape index (κ2) is 6.11. The molecule has 0 saturated carbocycles. The van der Waals surface area contributed by atoms with Crippen LogP contribution in [-0.4, -0.2) is 51.1 Å². The quantitative estimate of drug-likeness (QED) is 0.737. The average molecular weight is 339 g/mol. The van der Waals surface area contributed by atoms with Gasteiger partial charge in [-0.3, -0.25) is 10.00 Å². The Bertz CT molecular complexity index is 884. The van der Waals surface area contributed by atoms with Crippen LogP contribution in [-0.2, 0) is 4.74 Å². The van der Waals surface area contributed by atoms with Crippen LogP contribution in [0.3, 0.4) is 0 Å². The van der Waals surface area contributed by atoms with E-state index in [0.29, 0.717) is 23.9 Å². The Morgan fingerprint density at radius 1 is 1.16 bits per heavy atom. The summed E-state index contributed by atoms with van der Waals surface area (Å²) in [4.78, 5) is 16.8. The van der Waals surface area contributed by atoms with Gasteiger partial charge in [-0.05, 0) is 17.7 Å². The average Bonchev–Trinajstić information content (AvgIpc) is 3.19. The van der Waals surface area contributed by atoms with Crippen LogP contribution in [0, 0.1) is 0 Å². The van der Waals surface area contributed by atoms with Crippen LogP contribution in [0.1, 0.15) is 17.5 Å². The third-order valence-electron chi connectivity index (χ3n) is 4.14. The van der Waals surface area contributed by atoms with Gasteiger partial charge in [0.15, 0.2) is 17.5 Å². The summed E-state index contributed by atoms with van der Waals surface area (Å²) >= 11 is 0. The molecule has 1 aliphatic heterocycles. The largest absolute Gasteiger partial charge is 0.380 e. The van der Waals surface area contributed by atoms with E-state index < -0.39 is 6.10 Å². The summed E-state index contributed by atoms with van der Waals surface area (Å²) in [7, 11) is 3.56. The molecule has 3 aromatic rings. The van der Waals surface area contributed by atoms with Gasteiger partial charge in [-0.15, -0.1) is 0 Å². The number of benzene rings is 1. The Hall–Kier alpha value is -3.04. The Morgan fingerprint density at radius 2 is 1.96 bits per heavy atom. The summed E-state index contributed by atoms with van der Waals surface area (Å²) in [5.74, 6) is 1.76. The lowest BCUT2D eigenvalue weighted by molar-refractivity contribution is 0.204. The van der Waals surface area contributed by atoms with Gasteiger partial charge in [-0.25, -0.2) is 15.0 Å². The van der Waals surface area contributed by atoms with Crippen molar-refractivity contribution >= 4 is 23.0 Å². The summed E-state index contributed by atoms with van der Waals surface area (Å²) in [6.07, 6.45) is 3.82. The smallest absolute Gasteiger partial charge is 0.183 e. The Labute approximate surface area is 143 Å². The highest BCUT2D eigenvalue weighted by Crippen LogP contribution is 2.45. The van der Waals surface area contributed by atoms with Crippen LogP contribution in [0.25, 0.3) is 0 Å². The molecule has 0 amide bonds. The van der Waals surface area contributed by atoms with E-state index in [1.165, 1.54) is 6.33 Å². The predicted molar refractivity (Wildman–Crippen MR) is 91.0 cm³/mol. The SMILES string of the molecule is COCN1c2cc(C(O)c3nc[nH]n3)ccc2N(C)c2nccnc21. The second-order valence-electron chi connectivity index (χ2n) is 5.62. The van der Waals surface area contributed by atoms with Crippen molar-refractivity contribution in [3.05, 3.63) is 48.3 Å². The van der Waals surface area contributed by atoms with Crippen molar-refractivity contribution in [1.82, 2.24) is 25.1 Å². The van der Waals surface area contributed by atoms with Crippen LogP contribution >= 0.6 is 0 Å². The molecule has 0 spiro atoms. The minimum atomic E-state index is -0.922. The van der Waals surface area contributed by atoms with Gasteiger partial charge >= 0.3 is 0 Å². The molecule has 0 aliphatic carbocycles. The summed E-state index contributed by atoms with van der Waals surface area (Å²) in [5.41, 5.74) is 2.49. The molecular formula is C16H17N7O2. The monoisotopic (exact) mass is 339 g/mol. The molecule has 1 unspecified atom stereocenters. The maximum Gasteiger partial charge on any atom is 0.183 e. The van der Waals surface area contributed by atoms with E-state index >= 15 is 0 Å². The molecule has 1 atom stereocenters. The Kier molecular flexibility index (Phi) is 3.79. The molecule has 1 aliphatic rings. The first-order valence-electron chi connectivity index (χ1n) is 7.69. The van der Waals surface area contributed by atoms with E-state index in [-0.39, 0.29) is 0 Å². The molecular weight excluding hydrogens is 322 g/mol. The standard InChI is InChI=1S/C16H17N7O2/c1-22-11-4-3-10(13(24)14-19-8-20-21-14)7-12(11)23(9-25-2)16-15(22)17-5-6-18-16/h3-8,13,24H,9H2,1-2H3,(H,19,20,21). The number of anilines is 4. The van der Waals surface area contributed by atoms with Crippen LogP contribution in [0.2, 0.25) is 0 Å². The number of nitrogens with one attached hydrogen (secondary N) is 1. The lowest BCUT2D eigenvalue weighted by atomic mass is 10.0. The van der Waals surface area contributed by atoms with Gasteiger partial charge in [0.2, 0.25) is 0 Å². The van der Waals surface area contributed by atoms with Gasteiger partial charge in [0.1, 0.15) is 19.2 Å². The van der Waals surface area contributed by atoms with Gasteiger partial charge in [-0.2, -0.15) is 5.10 Å². The summed E-state index contributed by atoms with van der Waals surface area (Å²) in [6, 6.07) is 5.67. The lowest BCUT2D eigenvalue weighted by Crippen LogP contribution is -2.30. The first-order valence-corrected chi connectivity index (χ1v) is 7.69. The normalized spacial score (nSPS) is 14.2. The topological polar surface area (TPSA) is 103 Å². The Morgan fingerprint density at radius 3 is 2.68 bits per heavy atom. The van der Waals surface area contributed by atoms with Crippen LogP contribution in [0.15, 0.2) is 36.9 Å². The van der Waals surface area contributed by atoms with Crippen LogP contribution < -0.4 is 9.80 Å². The maximum atomic E-state index is 10.5. The number of fused-ring (bicyclic) bond motifs is 2. The van der Waals surface area contributed by atoms with Crippen LogP contribution in [0.5, 0.6) is 0 Å². The van der Waals surface area contributed by atoms with E-state index in [2.05, 4.69) is 25.1 Å². The number of methoxy groups -OCH3 is 1. The van der Waals surface area contributed by atoms with Crippen molar-refractivity contribution in [3.8, 4) is 0 Å². The molecule has 0 saturated heterocycles. The first kappa shape index (κ1) is 15.5. The molecule has 9 heteroatoms. The summed E-state index contributed by atoms with van der Waals surface area (Å²) < 4.78 is 5.35. The highest BCUT2D eigenvalue weighted by Gasteiger charge is 2.29. The van der Waals surface area contributed by atoms with Gasteiger partial charge in [0.25, 0.3) is 0 Å². The highest BCUT2D eigenvalue weighted by molar-refractivity contribution is 5.89. The predicted octanol–water partition coefficient (Wildman–Crippen LogP) is 1.50. The van der Waals surface area contributed by atoms with E-state index in [1.807, 2.05) is 35.0 Å². The number of hydrogen-bond donors (Lipinski definition) is 2. The fourth-order valence-corrected chi connectivity index (χ4v) is 2.95. The number of H-pyrrole nitrogens is 1. The van der Waals surface area contributed by atoms with Gasteiger partial charge in [-0.1, -0.05) is 6.07 Å². The molecule has 0 radical (unpaired) electrons. The zero-order valence-electron chi connectivity index (χ0n) is 13.8. The van der Waals surface area contributed by atoms with Crippen molar-refractivity contribution in [3.63, 3.8) is 0 Å². The zero-order valence-corrected chi connectivity index (χ0v) is 13.8. The van der Waals surface area contributed by atoms with E-state index in [9.17, 15) is 5.11 Å². The molecule has 2 aromatic heterocycles. The number of aliphatic hydroxyl groups excluding tert-OH is 1. The minimum absolute atomic E-state index is 0.312. The van der Waals surface area contributed by atoms with Gasteiger partial charge in [0, 0.05) is 26.6 Å². The Balaban J connectivity index is 1.82. The molecule has 0 bridgehead atoms. The van der Waals surface area contributed by atoms with Gasteiger partial charge < -0.3 is 14.7 Å². The molecule has 3 heterocycles. The summed E-state index contributed by atoms with van der Waals surface area (Å²) in [5, 5.41) is 17.1. The second-order valence-corrected chi connectivity index (χ2v) is 5.62. The van der Waals surface area contributed by atoms with Crippen molar-refractivity contribution in [2.45, 2.75) is 6.10 Å². The molecule has 4 rings (SSSR count). The van der Waals surface area contributed by atoms with E-state index in [1.54, 1.807) is 19.5 Å². The number of aromatic nitrogens is 5. The number of aromatic amines is 1. The number of aliphatic hydroxyl groups is 1. The number of nitrogens with zero attached hydrogens (tertiary/aromatic N) is 6. The van der Waals surface area contributed by atoms with Crippen molar-refractivity contribution in [2.24, 2.45) is 0 Å². The van der Waals surface area contributed by atoms with E-state index in [4.69, 9.17) is 4.74 Å².